The number of amides is 1. The lowest BCUT2D eigenvalue weighted by Crippen LogP contribution is -2.37. The summed E-state index contributed by atoms with van der Waals surface area (Å²) in [6.07, 6.45) is 3.47. The molecule has 0 bridgehead atoms. The fourth-order valence-corrected chi connectivity index (χ4v) is 5.03. The van der Waals surface area contributed by atoms with Crippen LogP contribution in [0.4, 0.5) is 0 Å². The van der Waals surface area contributed by atoms with Crippen LogP contribution in [0.2, 0.25) is 0 Å². The zero-order valence-electron chi connectivity index (χ0n) is 17.2. The monoisotopic (exact) mass is 424 g/mol. The molecule has 10 heteroatoms. The number of sulfonamides is 1. The maximum Gasteiger partial charge on any atom is 0.246 e. The molecule has 0 aromatic carbocycles. The number of ether oxygens (including phenoxy) is 1. The largest absolute Gasteiger partial charge is 0.468 e. The molecule has 1 N–H and O–H groups in total. The van der Waals surface area contributed by atoms with Gasteiger partial charge in [-0.15, -0.1) is 0 Å². The Labute approximate surface area is 171 Å². The molecule has 29 heavy (non-hydrogen) atoms. The highest BCUT2D eigenvalue weighted by Gasteiger charge is 2.31. The Morgan fingerprint density at radius 1 is 1.45 bits per heavy atom. The van der Waals surface area contributed by atoms with Crippen molar-refractivity contribution in [2.75, 3.05) is 20.2 Å². The van der Waals surface area contributed by atoms with Crippen molar-refractivity contribution in [1.82, 2.24) is 19.4 Å². The topological polar surface area (TPSA) is 107 Å². The van der Waals surface area contributed by atoms with Gasteiger partial charge >= 0.3 is 0 Å². The minimum Gasteiger partial charge on any atom is -0.468 e. The third-order valence-electron chi connectivity index (χ3n) is 5.16. The molecular formula is C19H28N4O5S. The standard InChI is InChI=1S/C19H28N4O5S/c1-13-18(29(25,26)22(4)12-17-8-6-10-28-17)14(2)23(21-13)15(3)19(24)20-11-16-7-5-9-27-16/h6,8,10,15-16H,5,7,9,11-12H2,1-4H3,(H,20,24)/t15-,16-/m0/s1. The van der Waals surface area contributed by atoms with E-state index in [0.717, 1.165) is 19.4 Å². The van der Waals surface area contributed by atoms with Crippen LogP contribution in [0.15, 0.2) is 27.7 Å². The molecule has 0 unspecified atom stereocenters. The predicted octanol–water partition coefficient (Wildman–Crippen LogP) is 1.77. The van der Waals surface area contributed by atoms with Gasteiger partial charge in [-0.25, -0.2) is 8.42 Å². The van der Waals surface area contributed by atoms with Gasteiger partial charge in [0.05, 0.1) is 30.3 Å². The Morgan fingerprint density at radius 3 is 2.83 bits per heavy atom. The van der Waals surface area contributed by atoms with E-state index in [4.69, 9.17) is 9.15 Å². The Balaban J connectivity index is 1.76. The summed E-state index contributed by atoms with van der Waals surface area (Å²) in [5.41, 5.74) is 0.779. The Hall–Kier alpha value is -2.17. The third kappa shape index (κ3) is 4.54. The SMILES string of the molecule is Cc1nn([C@@H](C)C(=O)NC[C@@H]2CCCO2)c(C)c1S(=O)(=O)N(C)Cc1ccco1. The number of nitrogens with zero attached hydrogens (tertiary/aromatic N) is 3. The van der Waals surface area contributed by atoms with Gasteiger partial charge in [0.1, 0.15) is 16.7 Å². The zero-order chi connectivity index (χ0) is 21.2. The number of carbonyl (C=O) groups is 1. The summed E-state index contributed by atoms with van der Waals surface area (Å²) in [4.78, 5) is 12.7. The van der Waals surface area contributed by atoms with Gasteiger partial charge in [-0.05, 0) is 45.7 Å². The van der Waals surface area contributed by atoms with Crippen LogP contribution < -0.4 is 5.32 Å². The quantitative estimate of drug-likeness (QED) is 0.692. The normalized spacial score (nSPS) is 18.3. The lowest BCUT2D eigenvalue weighted by Gasteiger charge is -2.18. The summed E-state index contributed by atoms with van der Waals surface area (Å²) in [7, 11) is -2.31. The van der Waals surface area contributed by atoms with E-state index in [2.05, 4.69) is 10.4 Å². The molecule has 3 rings (SSSR count). The smallest absolute Gasteiger partial charge is 0.246 e. The van der Waals surface area contributed by atoms with E-state index in [1.54, 1.807) is 32.9 Å². The lowest BCUT2D eigenvalue weighted by atomic mass is 10.2. The van der Waals surface area contributed by atoms with Crippen LogP contribution in [-0.4, -0.2) is 54.7 Å². The number of rotatable bonds is 8. The molecule has 3 heterocycles. The molecule has 0 aliphatic carbocycles. The molecule has 160 valence electrons. The Bertz CT molecular complexity index is 946. The Morgan fingerprint density at radius 2 is 2.21 bits per heavy atom. The molecule has 0 radical (unpaired) electrons. The second kappa shape index (κ2) is 8.68. The highest BCUT2D eigenvalue weighted by atomic mass is 32.2. The van der Waals surface area contributed by atoms with Crippen molar-refractivity contribution in [3.05, 3.63) is 35.5 Å². The molecule has 1 aliphatic rings. The van der Waals surface area contributed by atoms with Crippen LogP contribution in [0.25, 0.3) is 0 Å². The van der Waals surface area contributed by atoms with E-state index in [9.17, 15) is 13.2 Å². The van der Waals surface area contributed by atoms with E-state index in [0.29, 0.717) is 23.7 Å². The summed E-state index contributed by atoms with van der Waals surface area (Å²) in [5, 5.41) is 7.22. The molecule has 1 aliphatic heterocycles. The number of aromatic nitrogens is 2. The third-order valence-corrected chi connectivity index (χ3v) is 7.22. The van der Waals surface area contributed by atoms with Crippen LogP contribution >= 0.6 is 0 Å². The highest BCUT2D eigenvalue weighted by Crippen LogP contribution is 2.26. The van der Waals surface area contributed by atoms with Crippen LogP contribution in [0.5, 0.6) is 0 Å². The number of nitrogens with one attached hydrogen (secondary N) is 1. The van der Waals surface area contributed by atoms with Crippen molar-refractivity contribution < 1.29 is 22.4 Å². The molecule has 9 nitrogen and oxygen atoms in total. The maximum atomic E-state index is 13.1. The van der Waals surface area contributed by atoms with Gasteiger partial charge in [0.25, 0.3) is 0 Å². The van der Waals surface area contributed by atoms with E-state index >= 15 is 0 Å². The summed E-state index contributed by atoms with van der Waals surface area (Å²) in [6.45, 7) is 6.27. The number of hydrogen-bond acceptors (Lipinski definition) is 6. The van der Waals surface area contributed by atoms with Crippen molar-refractivity contribution in [2.24, 2.45) is 0 Å². The molecule has 1 saturated heterocycles. The van der Waals surface area contributed by atoms with Gasteiger partial charge in [-0.1, -0.05) is 0 Å². The number of hydrogen-bond donors (Lipinski definition) is 1. The van der Waals surface area contributed by atoms with Crippen molar-refractivity contribution in [3.8, 4) is 0 Å². The van der Waals surface area contributed by atoms with Gasteiger partial charge in [-0.2, -0.15) is 9.40 Å². The number of carbonyl (C=O) groups excluding carboxylic acids is 1. The van der Waals surface area contributed by atoms with Crippen LogP contribution in [0.3, 0.4) is 0 Å². The van der Waals surface area contributed by atoms with Gasteiger partial charge in [0.2, 0.25) is 15.9 Å². The molecular weight excluding hydrogens is 396 g/mol. The lowest BCUT2D eigenvalue weighted by molar-refractivity contribution is -0.124. The molecule has 1 fully saturated rings. The first-order chi connectivity index (χ1) is 13.7. The van der Waals surface area contributed by atoms with E-state index in [-0.39, 0.29) is 23.5 Å². The van der Waals surface area contributed by atoms with Gasteiger partial charge in [0, 0.05) is 20.2 Å². The van der Waals surface area contributed by atoms with Crippen LogP contribution in [0, 0.1) is 13.8 Å². The van der Waals surface area contributed by atoms with E-state index in [1.807, 2.05) is 0 Å². The molecule has 2 aromatic heterocycles. The van der Waals surface area contributed by atoms with Gasteiger partial charge in [0.15, 0.2) is 0 Å². The summed E-state index contributed by atoms with van der Waals surface area (Å²) >= 11 is 0. The number of furan rings is 1. The zero-order valence-corrected chi connectivity index (χ0v) is 18.0. The summed E-state index contributed by atoms with van der Waals surface area (Å²) < 4.78 is 39.7. The Kier molecular flexibility index (Phi) is 6.45. The van der Waals surface area contributed by atoms with Crippen molar-refractivity contribution in [1.29, 1.82) is 0 Å². The fourth-order valence-electron chi connectivity index (χ4n) is 3.54. The maximum absolute atomic E-state index is 13.1. The fraction of sp³-hybridized carbons (Fsp3) is 0.579. The van der Waals surface area contributed by atoms with E-state index in [1.165, 1.54) is 22.3 Å². The van der Waals surface area contributed by atoms with Crippen molar-refractivity contribution >= 4 is 15.9 Å². The van der Waals surface area contributed by atoms with Crippen molar-refractivity contribution in [2.45, 2.75) is 57.2 Å². The van der Waals surface area contributed by atoms with Gasteiger partial charge < -0.3 is 14.5 Å². The molecule has 1 amide bonds. The minimum atomic E-state index is -3.80. The summed E-state index contributed by atoms with van der Waals surface area (Å²) in [6, 6.07) is 2.78. The molecule has 0 saturated carbocycles. The summed E-state index contributed by atoms with van der Waals surface area (Å²) in [5.74, 6) is 0.319. The first kappa shape index (κ1) is 21.5. The average molecular weight is 425 g/mol. The first-order valence-electron chi connectivity index (χ1n) is 9.65. The minimum absolute atomic E-state index is 0.0396. The van der Waals surface area contributed by atoms with Crippen LogP contribution in [0.1, 0.15) is 43.0 Å². The number of aryl methyl sites for hydroxylation is 1. The van der Waals surface area contributed by atoms with Gasteiger partial charge in [-0.3, -0.25) is 9.48 Å². The second-order valence-electron chi connectivity index (χ2n) is 7.34. The molecule has 2 atom stereocenters. The molecule has 2 aromatic rings. The predicted molar refractivity (Wildman–Crippen MR) is 106 cm³/mol. The van der Waals surface area contributed by atoms with Crippen LogP contribution in [-0.2, 0) is 26.1 Å². The van der Waals surface area contributed by atoms with Crippen molar-refractivity contribution in [3.63, 3.8) is 0 Å². The first-order valence-corrected chi connectivity index (χ1v) is 11.1. The highest BCUT2D eigenvalue weighted by molar-refractivity contribution is 7.89. The average Bonchev–Trinajstić information content (AvgIpc) is 3.41. The second-order valence-corrected chi connectivity index (χ2v) is 9.32. The van der Waals surface area contributed by atoms with E-state index < -0.39 is 16.1 Å². The molecule has 0 spiro atoms.